The fraction of sp³-hybridized carbons (Fsp3) is 0.417. The third kappa shape index (κ3) is 1.86. The van der Waals surface area contributed by atoms with Crippen LogP contribution in [0.1, 0.15) is 30.4 Å². The summed E-state index contributed by atoms with van der Waals surface area (Å²) in [6, 6.07) is 3.54. The Bertz CT molecular complexity index is 453. The Labute approximate surface area is 102 Å². The molecule has 16 heavy (non-hydrogen) atoms. The van der Waals surface area contributed by atoms with Crippen LogP contribution in [-0.2, 0) is 10.2 Å². The molecule has 1 aromatic rings. The van der Waals surface area contributed by atoms with Crippen molar-refractivity contribution < 1.29 is 14.3 Å². The molecule has 0 aromatic heterocycles. The summed E-state index contributed by atoms with van der Waals surface area (Å²) in [6.07, 6.45) is 1.72. The highest BCUT2D eigenvalue weighted by atomic mass is 79.9. The lowest BCUT2D eigenvalue weighted by molar-refractivity contribution is -0.137. The second-order valence-corrected chi connectivity index (χ2v) is 5.20. The van der Waals surface area contributed by atoms with Crippen LogP contribution in [0.2, 0.25) is 0 Å². The van der Waals surface area contributed by atoms with Gasteiger partial charge in [0.1, 0.15) is 5.82 Å². The van der Waals surface area contributed by atoms with Crippen LogP contribution in [0.5, 0.6) is 0 Å². The predicted molar refractivity (Wildman–Crippen MR) is 62.0 cm³/mol. The number of hydrogen-bond acceptors (Lipinski definition) is 1. The number of aryl methyl sites for hydroxylation is 1. The molecule has 1 aliphatic carbocycles. The number of aliphatic carboxylic acids is 1. The van der Waals surface area contributed by atoms with E-state index in [2.05, 4.69) is 15.9 Å². The maximum Gasteiger partial charge on any atom is 0.304 e. The van der Waals surface area contributed by atoms with Crippen molar-refractivity contribution in [3.63, 3.8) is 0 Å². The van der Waals surface area contributed by atoms with Gasteiger partial charge in [-0.05, 0) is 46.8 Å². The van der Waals surface area contributed by atoms with Crippen molar-refractivity contribution in [1.82, 2.24) is 0 Å². The van der Waals surface area contributed by atoms with Crippen LogP contribution in [0.25, 0.3) is 0 Å². The number of rotatable bonds is 3. The van der Waals surface area contributed by atoms with E-state index in [1.54, 1.807) is 13.0 Å². The molecule has 2 nitrogen and oxygen atoms in total. The minimum atomic E-state index is -0.828. The van der Waals surface area contributed by atoms with E-state index < -0.39 is 5.97 Å². The molecule has 0 heterocycles. The van der Waals surface area contributed by atoms with Gasteiger partial charge >= 0.3 is 5.97 Å². The lowest BCUT2D eigenvalue weighted by Gasteiger charge is -2.16. The van der Waals surface area contributed by atoms with E-state index in [0.29, 0.717) is 10.0 Å². The molecule has 0 saturated heterocycles. The summed E-state index contributed by atoms with van der Waals surface area (Å²) in [5.74, 6) is -1.11. The molecular formula is C12H12BrFO2. The van der Waals surface area contributed by atoms with Crippen LogP contribution in [0, 0.1) is 12.7 Å². The zero-order chi connectivity index (χ0) is 11.9. The van der Waals surface area contributed by atoms with Crippen LogP contribution in [0.4, 0.5) is 4.39 Å². The smallest absolute Gasteiger partial charge is 0.304 e. The largest absolute Gasteiger partial charge is 0.481 e. The normalized spacial score (nSPS) is 17.2. The minimum absolute atomic E-state index is 0.0775. The van der Waals surface area contributed by atoms with Gasteiger partial charge in [-0.15, -0.1) is 0 Å². The zero-order valence-corrected chi connectivity index (χ0v) is 10.5. The van der Waals surface area contributed by atoms with Crippen LogP contribution in [0.15, 0.2) is 16.6 Å². The quantitative estimate of drug-likeness (QED) is 0.925. The third-order valence-electron chi connectivity index (χ3n) is 3.19. The van der Waals surface area contributed by atoms with Gasteiger partial charge in [0.25, 0.3) is 0 Å². The van der Waals surface area contributed by atoms with Crippen LogP contribution in [0.3, 0.4) is 0 Å². The standard InChI is InChI=1S/C12H12BrFO2/c1-7-2-3-8(10(13)11(7)14)12(4-5-12)6-9(15)16/h2-3H,4-6H2,1H3,(H,15,16). The lowest BCUT2D eigenvalue weighted by Crippen LogP contribution is -2.14. The predicted octanol–water partition coefficient (Wildman–Crippen LogP) is 3.40. The van der Waals surface area contributed by atoms with E-state index in [9.17, 15) is 9.18 Å². The summed E-state index contributed by atoms with van der Waals surface area (Å²) in [4.78, 5) is 10.8. The highest BCUT2D eigenvalue weighted by molar-refractivity contribution is 9.10. The molecule has 0 radical (unpaired) electrons. The van der Waals surface area contributed by atoms with Crippen LogP contribution >= 0.6 is 15.9 Å². The molecule has 1 fully saturated rings. The van der Waals surface area contributed by atoms with Gasteiger partial charge in [0, 0.05) is 5.41 Å². The van der Waals surface area contributed by atoms with Gasteiger partial charge in [0.15, 0.2) is 0 Å². The zero-order valence-electron chi connectivity index (χ0n) is 8.89. The highest BCUT2D eigenvalue weighted by Gasteiger charge is 2.47. The van der Waals surface area contributed by atoms with Gasteiger partial charge in [-0.1, -0.05) is 12.1 Å². The Morgan fingerprint density at radius 3 is 2.69 bits per heavy atom. The van der Waals surface area contributed by atoms with Crippen molar-refractivity contribution in [2.24, 2.45) is 0 Å². The second kappa shape index (κ2) is 3.84. The van der Waals surface area contributed by atoms with E-state index in [-0.39, 0.29) is 17.7 Å². The van der Waals surface area contributed by atoms with Gasteiger partial charge in [-0.2, -0.15) is 0 Å². The van der Waals surface area contributed by atoms with E-state index in [1.807, 2.05) is 6.07 Å². The molecule has 0 amide bonds. The third-order valence-corrected chi connectivity index (χ3v) is 3.97. The Kier molecular flexibility index (Phi) is 2.78. The molecule has 1 N–H and O–H groups in total. The number of hydrogen-bond donors (Lipinski definition) is 1. The summed E-state index contributed by atoms with van der Waals surface area (Å²) >= 11 is 3.23. The van der Waals surface area contributed by atoms with Crippen molar-refractivity contribution in [3.8, 4) is 0 Å². The van der Waals surface area contributed by atoms with E-state index in [4.69, 9.17) is 5.11 Å². The minimum Gasteiger partial charge on any atom is -0.481 e. The van der Waals surface area contributed by atoms with E-state index >= 15 is 0 Å². The second-order valence-electron chi connectivity index (χ2n) is 4.41. The fourth-order valence-electron chi connectivity index (χ4n) is 2.04. The molecule has 1 saturated carbocycles. The molecule has 86 valence electrons. The Hall–Kier alpha value is -0.900. The number of carbonyl (C=O) groups is 1. The maximum atomic E-state index is 13.7. The maximum absolute atomic E-state index is 13.7. The van der Waals surface area contributed by atoms with Crippen molar-refractivity contribution in [2.45, 2.75) is 31.6 Å². The number of carboxylic acid groups (broad SMARTS) is 1. The number of benzene rings is 1. The van der Waals surface area contributed by atoms with Gasteiger partial charge in [-0.3, -0.25) is 4.79 Å². The highest BCUT2D eigenvalue weighted by Crippen LogP contribution is 2.53. The van der Waals surface area contributed by atoms with Crippen LogP contribution in [-0.4, -0.2) is 11.1 Å². The Balaban J connectivity index is 2.42. The molecule has 0 atom stereocenters. The van der Waals surface area contributed by atoms with E-state index in [1.165, 1.54) is 0 Å². The molecular weight excluding hydrogens is 275 g/mol. The average molecular weight is 287 g/mol. The molecule has 2 rings (SSSR count). The van der Waals surface area contributed by atoms with E-state index in [0.717, 1.165) is 18.4 Å². The molecule has 0 aliphatic heterocycles. The number of halogens is 2. The summed E-state index contributed by atoms with van der Waals surface area (Å²) in [7, 11) is 0. The van der Waals surface area contributed by atoms with Crippen molar-refractivity contribution in [1.29, 1.82) is 0 Å². The Morgan fingerprint density at radius 2 is 2.19 bits per heavy atom. The van der Waals surface area contributed by atoms with Crippen LogP contribution < -0.4 is 0 Å². The lowest BCUT2D eigenvalue weighted by atomic mass is 9.91. The van der Waals surface area contributed by atoms with Crippen molar-refractivity contribution in [3.05, 3.63) is 33.5 Å². The molecule has 4 heteroatoms. The summed E-state index contributed by atoms with van der Waals surface area (Å²) in [5.41, 5.74) is 1.01. The summed E-state index contributed by atoms with van der Waals surface area (Å²) < 4.78 is 14.1. The SMILES string of the molecule is Cc1ccc(C2(CC(=O)O)CC2)c(Br)c1F. The monoisotopic (exact) mass is 286 g/mol. The Morgan fingerprint density at radius 1 is 1.56 bits per heavy atom. The molecule has 1 aliphatic rings. The molecule has 1 aromatic carbocycles. The first-order chi connectivity index (χ1) is 7.46. The molecule has 0 spiro atoms. The van der Waals surface area contributed by atoms with Crippen molar-refractivity contribution in [2.75, 3.05) is 0 Å². The molecule has 0 bridgehead atoms. The first kappa shape index (κ1) is 11.6. The van der Waals surface area contributed by atoms with Gasteiger partial charge in [0.2, 0.25) is 0 Å². The fourth-order valence-corrected chi connectivity index (χ4v) is 2.90. The van der Waals surface area contributed by atoms with Gasteiger partial charge in [0.05, 0.1) is 10.9 Å². The molecule has 0 unspecified atom stereocenters. The first-order valence-electron chi connectivity index (χ1n) is 5.13. The van der Waals surface area contributed by atoms with Crippen molar-refractivity contribution >= 4 is 21.9 Å². The van der Waals surface area contributed by atoms with Gasteiger partial charge < -0.3 is 5.11 Å². The first-order valence-corrected chi connectivity index (χ1v) is 5.92. The topological polar surface area (TPSA) is 37.3 Å². The average Bonchev–Trinajstić information content (AvgIpc) is 2.94. The summed E-state index contributed by atoms with van der Waals surface area (Å²) in [6.45, 7) is 1.70. The van der Waals surface area contributed by atoms with Gasteiger partial charge in [-0.25, -0.2) is 4.39 Å². The number of carboxylic acids is 1. The summed E-state index contributed by atoms with van der Waals surface area (Å²) in [5, 5.41) is 8.86.